The van der Waals surface area contributed by atoms with E-state index in [-0.39, 0.29) is 6.04 Å². The second kappa shape index (κ2) is 5.87. The fraction of sp³-hybridized carbons (Fsp3) is 0.200. The molecule has 0 aliphatic heterocycles. The quantitative estimate of drug-likeness (QED) is 0.873. The van der Waals surface area contributed by atoms with Crippen LogP contribution in [0.1, 0.15) is 22.7 Å². The number of hydrogen-bond acceptors (Lipinski definition) is 1. The van der Waals surface area contributed by atoms with Gasteiger partial charge in [0.25, 0.3) is 0 Å². The maximum atomic E-state index is 6.23. The fourth-order valence-corrected chi connectivity index (χ4v) is 2.53. The molecule has 0 saturated heterocycles. The first-order chi connectivity index (χ1) is 8.54. The molecule has 0 aromatic heterocycles. The summed E-state index contributed by atoms with van der Waals surface area (Å²) in [5.74, 6) is 0. The van der Waals surface area contributed by atoms with Gasteiger partial charge in [0.15, 0.2) is 0 Å². The maximum absolute atomic E-state index is 6.23. The summed E-state index contributed by atoms with van der Waals surface area (Å²) in [6.07, 6.45) is 0.813. The van der Waals surface area contributed by atoms with Crippen molar-refractivity contribution in [3.05, 3.63) is 68.7 Å². The minimum absolute atomic E-state index is 0.0245. The molecule has 2 rings (SSSR count). The van der Waals surface area contributed by atoms with Crippen LogP contribution in [0.25, 0.3) is 0 Å². The molecule has 0 bridgehead atoms. The lowest BCUT2D eigenvalue weighted by Crippen LogP contribution is -2.13. The maximum Gasteiger partial charge on any atom is 0.0411 e. The number of nitrogens with two attached hydrogens (primary N) is 1. The van der Waals surface area contributed by atoms with Gasteiger partial charge in [0.1, 0.15) is 0 Å². The Bertz CT molecular complexity index is 516. The van der Waals surface area contributed by atoms with Gasteiger partial charge in [-0.2, -0.15) is 0 Å². The molecular weight excluding hydrogens is 310 g/mol. The molecule has 1 nitrogen and oxygen atoms in total. The standard InChI is InChI=1S/C15H15BrClN/c1-10-6-12(9-14(17)7-10)15(18)8-11-2-4-13(16)5-3-11/h2-7,9,15H,8,18H2,1H3. The second-order valence-electron chi connectivity index (χ2n) is 4.50. The highest BCUT2D eigenvalue weighted by atomic mass is 79.9. The van der Waals surface area contributed by atoms with Crippen molar-refractivity contribution in [3.63, 3.8) is 0 Å². The van der Waals surface area contributed by atoms with Gasteiger partial charge < -0.3 is 5.73 Å². The first-order valence-electron chi connectivity index (χ1n) is 5.82. The van der Waals surface area contributed by atoms with Crippen LogP contribution in [0.5, 0.6) is 0 Å². The number of halogens is 2. The minimum Gasteiger partial charge on any atom is -0.324 e. The predicted molar refractivity (Wildman–Crippen MR) is 81.0 cm³/mol. The molecule has 1 atom stereocenters. The summed E-state index contributed by atoms with van der Waals surface area (Å²) in [5, 5.41) is 0.747. The zero-order valence-electron chi connectivity index (χ0n) is 10.2. The Morgan fingerprint density at radius 3 is 2.44 bits per heavy atom. The molecule has 1 unspecified atom stereocenters. The summed E-state index contributed by atoms with van der Waals surface area (Å²) in [7, 11) is 0. The Labute approximate surface area is 121 Å². The van der Waals surface area contributed by atoms with E-state index >= 15 is 0 Å². The molecule has 0 fully saturated rings. The van der Waals surface area contributed by atoms with Crippen LogP contribution in [-0.4, -0.2) is 0 Å². The minimum atomic E-state index is -0.0245. The lowest BCUT2D eigenvalue weighted by molar-refractivity contribution is 0.721. The number of rotatable bonds is 3. The van der Waals surface area contributed by atoms with Crippen molar-refractivity contribution >= 4 is 27.5 Å². The monoisotopic (exact) mass is 323 g/mol. The molecule has 2 N–H and O–H groups in total. The summed E-state index contributed by atoms with van der Waals surface area (Å²) < 4.78 is 1.08. The van der Waals surface area contributed by atoms with E-state index in [4.69, 9.17) is 17.3 Å². The normalized spacial score (nSPS) is 12.4. The zero-order valence-corrected chi connectivity index (χ0v) is 12.5. The van der Waals surface area contributed by atoms with Gasteiger partial charge in [-0.1, -0.05) is 45.7 Å². The van der Waals surface area contributed by atoms with Crippen molar-refractivity contribution in [2.75, 3.05) is 0 Å². The Morgan fingerprint density at radius 2 is 1.83 bits per heavy atom. The van der Waals surface area contributed by atoms with Crippen LogP contribution in [0.2, 0.25) is 5.02 Å². The van der Waals surface area contributed by atoms with E-state index in [0.717, 1.165) is 27.0 Å². The van der Waals surface area contributed by atoms with Crippen LogP contribution in [0.15, 0.2) is 46.9 Å². The van der Waals surface area contributed by atoms with Gasteiger partial charge in [-0.25, -0.2) is 0 Å². The highest BCUT2D eigenvalue weighted by Gasteiger charge is 2.08. The van der Waals surface area contributed by atoms with Gasteiger partial charge in [-0.05, 0) is 54.3 Å². The molecule has 0 amide bonds. The summed E-state index contributed by atoms with van der Waals surface area (Å²) in [5.41, 5.74) is 9.69. The lowest BCUT2D eigenvalue weighted by Gasteiger charge is -2.13. The van der Waals surface area contributed by atoms with E-state index < -0.39 is 0 Å². The van der Waals surface area contributed by atoms with Crippen molar-refractivity contribution in [3.8, 4) is 0 Å². The van der Waals surface area contributed by atoms with Crippen molar-refractivity contribution < 1.29 is 0 Å². The lowest BCUT2D eigenvalue weighted by atomic mass is 9.98. The number of benzene rings is 2. The van der Waals surface area contributed by atoms with Gasteiger partial charge in [0.05, 0.1) is 0 Å². The van der Waals surface area contributed by atoms with Crippen LogP contribution in [-0.2, 0) is 6.42 Å². The summed E-state index contributed by atoms with van der Waals surface area (Å²) >= 11 is 9.48. The third-order valence-corrected chi connectivity index (χ3v) is 3.61. The van der Waals surface area contributed by atoms with Crippen LogP contribution in [0.4, 0.5) is 0 Å². The van der Waals surface area contributed by atoms with Gasteiger partial charge in [-0.15, -0.1) is 0 Å². The SMILES string of the molecule is Cc1cc(Cl)cc(C(N)Cc2ccc(Br)cc2)c1. The van der Waals surface area contributed by atoms with Crippen LogP contribution < -0.4 is 5.73 Å². The highest BCUT2D eigenvalue weighted by Crippen LogP contribution is 2.22. The highest BCUT2D eigenvalue weighted by molar-refractivity contribution is 9.10. The van der Waals surface area contributed by atoms with E-state index in [1.807, 2.05) is 31.2 Å². The van der Waals surface area contributed by atoms with Crippen LogP contribution in [0.3, 0.4) is 0 Å². The second-order valence-corrected chi connectivity index (χ2v) is 5.85. The molecule has 2 aromatic rings. The Morgan fingerprint density at radius 1 is 1.17 bits per heavy atom. The van der Waals surface area contributed by atoms with Crippen LogP contribution in [0, 0.1) is 6.92 Å². The number of aryl methyl sites for hydroxylation is 1. The topological polar surface area (TPSA) is 26.0 Å². The van der Waals surface area contributed by atoms with Gasteiger partial charge in [0, 0.05) is 15.5 Å². The average Bonchev–Trinajstić information content (AvgIpc) is 2.31. The molecule has 94 valence electrons. The molecule has 3 heteroatoms. The van der Waals surface area contributed by atoms with E-state index in [1.165, 1.54) is 5.56 Å². The third kappa shape index (κ3) is 3.58. The van der Waals surface area contributed by atoms with E-state index in [1.54, 1.807) is 0 Å². The smallest absolute Gasteiger partial charge is 0.0411 e. The van der Waals surface area contributed by atoms with Crippen molar-refractivity contribution in [2.45, 2.75) is 19.4 Å². The molecule has 0 heterocycles. The summed E-state index contributed by atoms with van der Waals surface area (Å²) in [4.78, 5) is 0. The molecule has 0 aliphatic carbocycles. The van der Waals surface area contributed by atoms with Crippen molar-refractivity contribution in [1.29, 1.82) is 0 Å². The fourth-order valence-electron chi connectivity index (χ4n) is 1.97. The Hall–Kier alpha value is -0.830. The molecule has 18 heavy (non-hydrogen) atoms. The van der Waals surface area contributed by atoms with E-state index in [2.05, 4.69) is 34.1 Å². The summed E-state index contributed by atoms with van der Waals surface area (Å²) in [6.45, 7) is 2.03. The zero-order chi connectivity index (χ0) is 13.1. The largest absolute Gasteiger partial charge is 0.324 e. The molecule has 0 saturated carbocycles. The predicted octanol–water partition coefficient (Wildman–Crippen LogP) is 4.65. The van der Waals surface area contributed by atoms with E-state index in [9.17, 15) is 0 Å². The molecule has 0 spiro atoms. The summed E-state index contributed by atoms with van der Waals surface area (Å²) in [6, 6.07) is 14.2. The van der Waals surface area contributed by atoms with Gasteiger partial charge >= 0.3 is 0 Å². The number of hydrogen-bond donors (Lipinski definition) is 1. The van der Waals surface area contributed by atoms with Crippen molar-refractivity contribution in [2.24, 2.45) is 5.73 Å². The Balaban J connectivity index is 2.16. The molecule has 2 aromatic carbocycles. The average molecular weight is 325 g/mol. The van der Waals surface area contributed by atoms with Crippen LogP contribution >= 0.6 is 27.5 Å². The molecule has 0 radical (unpaired) electrons. The van der Waals surface area contributed by atoms with Gasteiger partial charge in [-0.3, -0.25) is 0 Å². The molecular formula is C15H15BrClN. The van der Waals surface area contributed by atoms with Gasteiger partial charge in [0.2, 0.25) is 0 Å². The Kier molecular flexibility index (Phi) is 4.44. The first-order valence-corrected chi connectivity index (χ1v) is 6.99. The van der Waals surface area contributed by atoms with Crippen molar-refractivity contribution in [1.82, 2.24) is 0 Å². The third-order valence-electron chi connectivity index (χ3n) is 2.86. The first kappa shape index (κ1) is 13.6. The van der Waals surface area contributed by atoms with E-state index in [0.29, 0.717) is 0 Å². The molecule has 0 aliphatic rings.